The van der Waals surface area contributed by atoms with E-state index >= 15 is 0 Å². The predicted molar refractivity (Wildman–Crippen MR) is 123 cm³/mol. The van der Waals surface area contributed by atoms with Crippen molar-refractivity contribution < 1.29 is 14.3 Å². The second-order valence-corrected chi connectivity index (χ2v) is 8.01. The Labute approximate surface area is 188 Å². The third-order valence-corrected chi connectivity index (χ3v) is 5.97. The molecule has 0 spiro atoms. The summed E-state index contributed by atoms with van der Waals surface area (Å²) >= 11 is 0. The number of nitrogens with zero attached hydrogens (tertiary/aromatic N) is 3. The molecule has 2 amide bonds. The van der Waals surface area contributed by atoms with Gasteiger partial charge in [0.1, 0.15) is 5.75 Å². The maximum Gasteiger partial charge on any atom is 0.254 e. The number of hydrogen-bond donors (Lipinski definition) is 0. The van der Waals surface area contributed by atoms with Gasteiger partial charge in [-0.3, -0.25) is 14.6 Å². The molecule has 1 aliphatic heterocycles. The highest BCUT2D eigenvalue weighted by Gasteiger charge is 2.31. The number of methoxy groups -OCH3 is 1. The lowest BCUT2D eigenvalue weighted by Gasteiger charge is -2.24. The standard InChI is InChI=1S/C26H27N3O3/c1-28-15-16-29(26(31)19-11-13-27-14-12-19)18-21(25(28)30)17-20-7-3-4-8-22(20)23-9-5-6-10-24(23)32-2/h3-14,21H,15-18H2,1-2H3/t21-/m0/s1. The van der Waals surface area contributed by atoms with Gasteiger partial charge in [0.2, 0.25) is 5.91 Å². The normalized spacial score (nSPS) is 16.6. The van der Waals surface area contributed by atoms with Crippen LogP contribution in [-0.4, -0.2) is 60.4 Å². The van der Waals surface area contributed by atoms with Gasteiger partial charge in [-0.15, -0.1) is 0 Å². The molecule has 2 aromatic carbocycles. The van der Waals surface area contributed by atoms with E-state index in [0.717, 1.165) is 22.4 Å². The molecule has 6 nitrogen and oxygen atoms in total. The van der Waals surface area contributed by atoms with E-state index in [1.165, 1.54) is 0 Å². The minimum Gasteiger partial charge on any atom is -0.496 e. The summed E-state index contributed by atoms with van der Waals surface area (Å²) in [5.41, 5.74) is 3.67. The molecule has 6 heteroatoms. The second-order valence-electron chi connectivity index (χ2n) is 8.01. The van der Waals surface area contributed by atoms with Gasteiger partial charge in [0.25, 0.3) is 5.91 Å². The van der Waals surface area contributed by atoms with E-state index in [1.807, 2.05) is 43.4 Å². The molecule has 164 valence electrons. The van der Waals surface area contributed by atoms with Crippen LogP contribution < -0.4 is 4.74 Å². The Morgan fingerprint density at radius 3 is 2.44 bits per heavy atom. The Morgan fingerprint density at radius 2 is 1.69 bits per heavy atom. The fourth-order valence-electron chi connectivity index (χ4n) is 4.24. The molecule has 0 bridgehead atoms. The summed E-state index contributed by atoms with van der Waals surface area (Å²) in [5.74, 6) is 0.450. The zero-order chi connectivity index (χ0) is 22.5. The van der Waals surface area contributed by atoms with Gasteiger partial charge in [-0.1, -0.05) is 42.5 Å². The summed E-state index contributed by atoms with van der Waals surface area (Å²) in [4.78, 5) is 33.8. The SMILES string of the molecule is COc1ccccc1-c1ccccc1C[C@H]1CN(C(=O)c2ccncc2)CCN(C)C1=O. The number of carbonyl (C=O) groups excluding carboxylic acids is 2. The summed E-state index contributed by atoms with van der Waals surface area (Å²) in [6.45, 7) is 1.40. The van der Waals surface area contributed by atoms with Crippen molar-refractivity contribution in [3.8, 4) is 16.9 Å². The first kappa shape index (κ1) is 21.6. The van der Waals surface area contributed by atoms with E-state index in [0.29, 0.717) is 31.6 Å². The highest BCUT2D eigenvalue weighted by atomic mass is 16.5. The largest absolute Gasteiger partial charge is 0.496 e. The molecule has 4 rings (SSSR count). The number of rotatable bonds is 5. The van der Waals surface area contributed by atoms with E-state index in [1.54, 1.807) is 41.4 Å². The topological polar surface area (TPSA) is 62.7 Å². The van der Waals surface area contributed by atoms with Gasteiger partial charge in [-0.25, -0.2) is 0 Å². The molecular weight excluding hydrogens is 402 g/mol. The highest BCUT2D eigenvalue weighted by molar-refractivity contribution is 5.94. The Bertz CT molecular complexity index is 1100. The van der Waals surface area contributed by atoms with Crippen molar-refractivity contribution >= 4 is 11.8 Å². The molecule has 0 unspecified atom stereocenters. The monoisotopic (exact) mass is 429 g/mol. The van der Waals surface area contributed by atoms with E-state index in [4.69, 9.17) is 4.74 Å². The van der Waals surface area contributed by atoms with Crippen molar-refractivity contribution in [1.29, 1.82) is 0 Å². The van der Waals surface area contributed by atoms with Gasteiger partial charge in [-0.05, 0) is 35.7 Å². The van der Waals surface area contributed by atoms with Crippen LogP contribution in [0.25, 0.3) is 11.1 Å². The van der Waals surface area contributed by atoms with Crippen molar-refractivity contribution in [3.63, 3.8) is 0 Å². The smallest absolute Gasteiger partial charge is 0.254 e. The predicted octanol–water partition coefficient (Wildman–Crippen LogP) is 3.53. The molecule has 1 fully saturated rings. The van der Waals surface area contributed by atoms with E-state index in [-0.39, 0.29) is 17.7 Å². The molecule has 1 aromatic heterocycles. The van der Waals surface area contributed by atoms with Crippen LogP contribution in [0.5, 0.6) is 5.75 Å². The lowest BCUT2D eigenvalue weighted by Crippen LogP contribution is -2.37. The van der Waals surface area contributed by atoms with Crippen molar-refractivity contribution in [3.05, 3.63) is 84.2 Å². The molecule has 0 aliphatic carbocycles. The van der Waals surface area contributed by atoms with Crippen LogP contribution in [0, 0.1) is 5.92 Å². The number of pyridine rings is 1. The van der Waals surface area contributed by atoms with E-state index in [9.17, 15) is 9.59 Å². The Kier molecular flexibility index (Phi) is 6.50. The van der Waals surface area contributed by atoms with Gasteiger partial charge < -0.3 is 14.5 Å². The molecular formula is C26H27N3O3. The quantitative estimate of drug-likeness (QED) is 0.623. The molecule has 0 saturated carbocycles. The van der Waals surface area contributed by atoms with Crippen LogP contribution in [0.15, 0.2) is 73.1 Å². The van der Waals surface area contributed by atoms with Crippen molar-refractivity contribution in [1.82, 2.24) is 14.8 Å². The molecule has 3 aromatic rings. The number of benzene rings is 2. The zero-order valence-electron chi connectivity index (χ0n) is 18.4. The molecule has 1 atom stereocenters. The Balaban J connectivity index is 1.64. The highest BCUT2D eigenvalue weighted by Crippen LogP contribution is 2.33. The summed E-state index contributed by atoms with van der Waals surface area (Å²) in [7, 11) is 3.47. The fourth-order valence-corrected chi connectivity index (χ4v) is 4.24. The Hall–Kier alpha value is -3.67. The molecule has 2 heterocycles. The summed E-state index contributed by atoms with van der Waals surface area (Å²) < 4.78 is 5.57. The average molecular weight is 430 g/mol. The number of hydrogen-bond acceptors (Lipinski definition) is 4. The van der Waals surface area contributed by atoms with Crippen LogP contribution in [0.3, 0.4) is 0 Å². The first-order chi connectivity index (χ1) is 15.6. The molecule has 0 N–H and O–H groups in total. The van der Waals surface area contributed by atoms with Crippen molar-refractivity contribution in [2.24, 2.45) is 5.92 Å². The zero-order valence-corrected chi connectivity index (χ0v) is 18.4. The third-order valence-electron chi connectivity index (χ3n) is 5.97. The first-order valence-electron chi connectivity index (χ1n) is 10.7. The number of ether oxygens (including phenoxy) is 1. The summed E-state index contributed by atoms with van der Waals surface area (Å²) in [6, 6.07) is 19.4. The van der Waals surface area contributed by atoms with Gasteiger partial charge in [0.15, 0.2) is 0 Å². The molecule has 0 radical (unpaired) electrons. The van der Waals surface area contributed by atoms with Crippen molar-refractivity contribution in [2.45, 2.75) is 6.42 Å². The minimum absolute atomic E-state index is 0.0601. The van der Waals surface area contributed by atoms with Crippen LogP contribution >= 0.6 is 0 Å². The molecule has 1 aliphatic rings. The van der Waals surface area contributed by atoms with Gasteiger partial charge in [-0.2, -0.15) is 0 Å². The number of aromatic nitrogens is 1. The third kappa shape index (κ3) is 4.49. The van der Waals surface area contributed by atoms with Crippen LogP contribution in [0.4, 0.5) is 0 Å². The first-order valence-corrected chi connectivity index (χ1v) is 10.7. The molecule has 1 saturated heterocycles. The molecule has 32 heavy (non-hydrogen) atoms. The lowest BCUT2D eigenvalue weighted by molar-refractivity contribution is -0.133. The number of para-hydroxylation sites is 1. The van der Waals surface area contributed by atoms with Gasteiger partial charge in [0.05, 0.1) is 13.0 Å². The lowest BCUT2D eigenvalue weighted by atomic mass is 9.91. The van der Waals surface area contributed by atoms with E-state index in [2.05, 4.69) is 17.1 Å². The maximum absolute atomic E-state index is 13.2. The maximum atomic E-state index is 13.2. The van der Waals surface area contributed by atoms with Crippen molar-refractivity contribution in [2.75, 3.05) is 33.8 Å². The van der Waals surface area contributed by atoms with Crippen LogP contribution in [0.2, 0.25) is 0 Å². The number of amides is 2. The van der Waals surface area contributed by atoms with E-state index < -0.39 is 0 Å². The second kappa shape index (κ2) is 9.64. The van der Waals surface area contributed by atoms with Gasteiger partial charge >= 0.3 is 0 Å². The van der Waals surface area contributed by atoms with Crippen LogP contribution in [-0.2, 0) is 11.2 Å². The minimum atomic E-state index is -0.329. The van der Waals surface area contributed by atoms with Crippen LogP contribution in [0.1, 0.15) is 15.9 Å². The number of likely N-dealkylation sites (N-methyl/N-ethyl adjacent to an activating group) is 1. The average Bonchev–Trinajstić information content (AvgIpc) is 2.98. The Morgan fingerprint density at radius 1 is 1.00 bits per heavy atom. The summed E-state index contributed by atoms with van der Waals surface area (Å²) in [6.07, 6.45) is 3.77. The van der Waals surface area contributed by atoms with Gasteiger partial charge in [0, 0.05) is 50.2 Å². The number of carbonyl (C=O) groups is 2. The fraction of sp³-hybridized carbons (Fsp3) is 0.269. The summed E-state index contributed by atoms with van der Waals surface area (Å²) in [5, 5.41) is 0.